The summed E-state index contributed by atoms with van der Waals surface area (Å²) in [5.41, 5.74) is 1.80. The van der Waals surface area contributed by atoms with Crippen LogP contribution in [0.2, 0.25) is 0 Å². The van der Waals surface area contributed by atoms with E-state index in [4.69, 9.17) is 0 Å². The molecule has 8 heteroatoms. The Morgan fingerprint density at radius 2 is 1.96 bits per heavy atom. The first-order chi connectivity index (χ1) is 12.4. The van der Waals surface area contributed by atoms with Gasteiger partial charge in [0.1, 0.15) is 18.1 Å². The molecule has 1 fully saturated rings. The number of carbonyl (C=O) groups excluding carboxylic acids is 3. The fraction of sp³-hybridized carbons (Fsp3) is 0.167. The molecule has 1 saturated heterocycles. The number of aryl methyl sites for hydroxylation is 1. The monoisotopic (exact) mass is 356 g/mol. The van der Waals surface area contributed by atoms with E-state index in [0.717, 1.165) is 16.3 Å². The largest absolute Gasteiger partial charge is 0.348 e. The van der Waals surface area contributed by atoms with Crippen molar-refractivity contribution in [3.63, 3.8) is 0 Å². The van der Waals surface area contributed by atoms with Crippen LogP contribution in [0.15, 0.2) is 42.1 Å². The molecule has 1 aromatic heterocycles. The second-order valence-electron chi connectivity index (χ2n) is 5.87. The molecule has 1 aliphatic heterocycles. The zero-order chi connectivity index (χ0) is 18.8. The van der Waals surface area contributed by atoms with Gasteiger partial charge in [-0.25, -0.2) is 14.1 Å². The Morgan fingerprint density at radius 1 is 1.23 bits per heavy atom. The van der Waals surface area contributed by atoms with Gasteiger partial charge in [0.2, 0.25) is 5.91 Å². The van der Waals surface area contributed by atoms with Crippen LogP contribution in [0.5, 0.6) is 0 Å². The predicted octanol–water partition coefficient (Wildman–Crippen LogP) is 2.00. The molecule has 0 aliphatic carbocycles. The van der Waals surface area contributed by atoms with Crippen molar-refractivity contribution in [2.45, 2.75) is 6.92 Å². The van der Waals surface area contributed by atoms with Crippen LogP contribution in [-0.4, -0.2) is 33.9 Å². The van der Waals surface area contributed by atoms with Crippen molar-refractivity contribution in [1.82, 2.24) is 14.8 Å². The van der Waals surface area contributed by atoms with Gasteiger partial charge in [-0.2, -0.15) is 0 Å². The summed E-state index contributed by atoms with van der Waals surface area (Å²) >= 11 is 0. The summed E-state index contributed by atoms with van der Waals surface area (Å²) < 4.78 is 15.4. The van der Waals surface area contributed by atoms with Crippen LogP contribution in [0.4, 0.5) is 14.9 Å². The van der Waals surface area contributed by atoms with Crippen LogP contribution in [0.1, 0.15) is 11.4 Å². The number of halogens is 1. The van der Waals surface area contributed by atoms with Crippen molar-refractivity contribution in [3.05, 3.63) is 59.3 Å². The number of aromatic nitrogens is 1. The van der Waals surface area contributed by atoms with E-state index in [1.54, 1.807) is 12.1 Å². The van der Waals surface area contributed by atoms with Gasteiger partial charge >= 0.3 is 6.03 Å². The van der Waals surface area contributed by atoms with Crippen molar-refractivity contribution in [3.8, 4) is 0 Å². The smallest absolute Gasteiger partial charge is 0.329 e. The number of amides is 4. The minimum Gasteiger partial charge on any atom is -0.348 e. The molecule has 0 bridgehead atoms. The highest BCUT2D eigenvalue weighted by molar-refractivity contribution is 6.15. The number of imide groups is 1. The standard InChI is InChI=1S/C18H17FN4O3/c1-11-7-8-12(22(11)2)9-15-17(25)23(18(26)21-15)10-16(24)20-14-6-4-3-5-13(14)19/h3-9H,10H2,1-2H3,(H,20,24)(H,21,26)/b15-9-. The van der Waals surface area contributed by atoms with E-state index in [0.29, 0.717) is 0 Å². The number of hydrogen-bond donors (Lipinski definition) is 2. The van der Waals surface area contributed by atoms with E-state index >= 15 is 0 Å². The van der Waals surface area contributed by atoms with Crippen LogP contribution in [0.25, 0.3) is 6.08 Å². The number of nitrogens with zero attached hydrogens (tertiary/aromatic N) is 2. The second-order valence-corrected chi connectivity index (χ2v) is 5.87. The summed E-state index contributed by atoms with van der Waals surface area (Å²) in [7, 11) is 1.84. The Kier molecular flexibility index (Phi) is 4.57. The Labute approximate surface area is 149 Å². The lowest BCUT2D eigenvalue weighted by Crippen LogP contribution is -2.38. The van der Waals surface area contributed by atoms with Crippen molar-refractivity contribution in [1.29, 1.82) is 0 Å². The zero-order valence-corrected chi connectivity index (χ0v) is 14.2. The van der Waals surface area contributed by atoms with E-state index < -0.39 is 30.2 Å². The van der Waals surface area contributed by atoms with Gasteiger partial charge in [-0.15, -0.1) is 0 Å². The molecule has 2 aromatic rings. The number of urea groups is 1. The predicted molar refractivity (Wildman–Crippen MR) is 93.4 cm³/mol. The first-order valence-corrected chi connectivity index (χ1v) is 7.88. The summed E-state index contributed by atoms with van der Waals surface area (Å²) in [4.78, 5) is 37.3. The molecular formula is C18H17FN4O3. The van der Waals surface area contributed by atoms with Crippen LogP contribution in [-0.2, 0) is 16.6 Å². The number of carbonyl (C=O) groups is 3. The average Bonchev–Trinajstić information content (AvgIpc) is 3.05. The van der Waals surface area contributed by atoms with Crippen molar-refractivity contribution < 1.29 is 18.8 Å². The van der Waals surface area contributed by atoms with Crippen LogP contribution in [0, 0.1) is 12.7 Å². The zero-order valence-electron chi connectivity index (χ0n) is 14.2. The molecule has 2 N–H and O–H groups in total. The molecule has 1 aromatic carbocycles. The van der Waals surface area contributed by atoms with E-state index in [2.05, 4.69) is 10.6 Å². The molecule has 4 amide bonds. The summed E-state index contributed by atoms with van der Waals surface area (Å²) in [6.07, 6.45) is 1.54. The Balaban J connectivity index is 1.72. The van der Waals surface area contributed by atoms with Crippen molar-refractivity contribution >= 4 is 29.6 Å². The number of nitrogens with one attached hydrogen (secondary N) is 2. The highest BCUT2D eigenvalue weighted by atomic mass is 19.1. The van der Waals surface area contributed by atoms with Gasteiger partial charge in [0, 0.05) is 18.4 Å². The van der Waals surface area contributed by atoms with Crippen LogP contribution >= 0.6 is 0 Å². The molecule has 0 spiro atoms. The van der Waals surface area contributed by atoms with Gasteiger partial charge in [0.25, 0.3) is 5.91 Å². The SMILES string of the molecule is Cc1ccc(/C=C2\NC(=O)N(CC(=O)Nc3ccccc3F)C2=O)n1C. The lowest BCUT2D eigenvalue weighted by atomic mass is 10.3. The fourth-order valence-electron chi connectivity index (χ4n) is 2.54. The Bertz CT molecular complexity index is 932. The third-order valence-corrected chi connectivity index (χ3v) is 4.12. The highest BCUT2D eigenvalue weighted by Gasteiger charge is 2.35. The second kappa shape index (κ2) is 6.83. The third-order valence-electron chi connectivity index (χ3n) is 4.12. The van der Waals surface area contributed by atoms with E-state index in [9.17, 15) is 18.8 Å². The number of rotatable bonds is 4. The first-order valence-electron chi connectivity index (χ1n) is 7.88. The van der Waals surface area contributed by atoms with E-state index in [-0.39, 0.29) is 11.4 Å². The maximum atomic E-state index is 13.6. The summed E-state index contributed by atoms with van der Waals surface area (Å²) in [6, 6.07) is 8.65. The topological polar surface area (TPSA) is 83.4 Å². The number of anilines is 1. The molecule has 26 heavy (non-hydrogen) atoms. The Hall–Kier alpha value is -3.42. The third kappa shape index (κ3) is 3.34. The molecule has 7 nitrogen and oxygen atoms in total. The van der Waals surface area contributed by atoms with Crippen LogP contribution < -0.4 is 10.6 Å². The van der Waals surface area contributed by atoms with E-state index in [1.807, 2.05) is 30.7 Å². The van der Waals surface area contributed by atoms with Gasteiger partial charge in [-0.05, 0) is 37.3 Å². The molecule has 0 atom stereocenters. The van der Waals surface area contributed by atoms with Gasteiger partial charge in [-0.3, -0.25) is 9.59 Å². The minimum atomic E-state index is -0.698. The maximum Gasteiger partial charge on any atom is 0.329 e. The highest BCUT2D eigenvalue weighted by Crippen LogP contribution is 2.16. The number of para-hydroxylation sites is 1. The maximum absolute atomic E-state index is 13.6. The van der Waals surface area contributed by atoms with Crippen molar-refractivity contribution in [2.24, 2.45) is 7.05 Å². The lowest BCUT2D eigenvalue weighted by molar-refractivity contribution is -0.127. The van der Waals surface area contributed by atoms with Gasteiger partial charge in [-0.1, -0.05) is 12.1 Å². The average molecular weight is 356 g/mol. The lowest BCUT2D eigenvalue weighted by Gasteiger charge is -2.12. The van der Waals surface area contributed by atoms with Gasteiger partial charge < -0.3 is 15.2 Å². The quantitative estimate of drug-likeness (QED) is 0.649. The van der Waals surface area contributed by atoms with Crippen molar-refractivity contribution in [2.75, 3.05) is 11.9 Å². The molecule has 2 heterocycles. The minimum absolute atomic E-state index is 0.0143. The first kappa shape index (κ1) is 17.4. The summed E-state index contributed by atoms with van der Waals surface area (Å²) in [5, 5.41) is 4.79. The summed E-state index contributed by atoms with van der Waals surface area (Å²) in [6.45, 7) is 1.40. The van der Waals surface area contributed by atoms with Crippen LogP contribution in [0.3, 0.4) is 0 Å². The van der Waals surface area contributed by atoms with E-state index in [1.165, 1.54) is 18.2 Å². The molecular weight excluding hydrogens is 339 g/mol. The van der Waals surface area contributed by atoms with Gasteiger partial charge in [0.15, 0.2) is 0 Å². The molecule has 134 valence electrons. The molecule has 0 radical (unpaired) electrons. The normalized spacial score (nSPS) is 15.5. The Morgan fingerprint density at radius 3 is 2.62 bits per heavy atom. The summed E-state index contributed by atoms with van der Waals surface area (Å²) in [5.74, 6) is -1.88. The van der Waals surface area contributed by atoms with Gasteiger partial charge in [0.05, 0.1) is 5.69 Å². The number of benzene rings is 1. The number of hydrogen-bond acceptors (Lipinski definition) is 3. The molecule has 3 rings (SSSR count). The molecule has 0 unspecified atom stereocenters. The molecule has 0 saturated carbocycles. The molecule has 1 aliphatic rings. The fourth-order valence-corrected chi connectivity index (χ4v) is 2.54.